The number of nitrogens with one attached hydrogen (secondary N) is 2. The van der Waals surface area contributed by atoms with Crippen LogP contribution in [0.15, 0.2) is 0 Å². The Morgan fingerprint density at radius 3 is 2.11 bits per heavy atom. The third-order valence-electron chi connectivity index (χ3n) is 2.43. The van der Waals surface area contributed by atoms with Gasteiger partial charge in [0.25, 0.3) is 0 Å². The zero-order valence-electron chi connectivity index (χ0n) is 12.1. The van der Waals surface area contributed by atoms with Gasteiger partial charge in [-0.05, 0) is 11.8 Å². The third kappa shape index (κ3) is 13.1. The molecule has 0 rings (SSSR count). The fraction of sp³-hybridized carbons (Fsp3) is 0.846. The number of ether oxygens (including phenoxy) is 2. The van der Waals surface area contributed by atoms with Gasteiger partial charge in [0.05, 0.1) is 26.4 Å². The molecule has 0 aromatic heterocycles. The second kappa shape index (κ2) is 11.9. The molecule has 0 aromatic carbocycles. The van der Waals surface area contributed by atoms with Gasteiger partial charge in [-0.25, -0.2) is 0 Å². The van der Waals surface area contributed by atoms with E-state index in [1.165, 1.54) is 6.92 Å². The molecule has 0 aliphatic carbocycles. The molecule has 2 atom stereocenters. The lowest BCUT2D eigenvalue weighted by Gasteiger charge is -2.13. The smallest absolute Gasteiger partial charge is 0.216 e. The van der Waals surface area contributed by atoms with Crippen molar-refractivity contribution < 1.29 is 19.1 Å². The van der Waals surface area contributed by atoms with E-state index >= 15 is 0 Å². The van der Waals surface area contributed by atoms with E-state index in [1.54, 1.807) is 0 Å². The molecule has 0 heterocycles. The monoisotopic (exact) mass is 274 g/mol. The molecule has 0 aliphatic rings. The minimum atomic E-state index is -0.0203. The van der Waals surface area contributed by atoms with Gasteiger partial charge in [-0.2, -0.15) is 0 Å². The highest BCUT2D eigenvalue weighted by Gasteiger charge is 2.04. The fourth-order valence-corrected chi connectivity index (χ4v) is 1.37. The Morgan fingerprint density at radius 2 is 1.63 bits per heavy atom. The Kier molecular flexibility index (Phi) is 11.2. The number of carbonyl (C=O) groups excluding carboxylic acids is 2. The lowest BCUT2D eigenvalue weighted by Crippen LogP contribution is -2.28. The Bertz CT molecular complexity index is 249. The molecule has 2 unspecified atom stereocenters. The average molecular weight is 274 g/mol. The lowest BCUT2D eigenvalue weighted by molar-refractivity contribution is -0.119. The average Bonchev–Trinajstić information content (AvgIpc) is 2.37. The van der Waals surface area contributed by atoms with Crippen LogP contribution >= 0.6 is 0 Å². The van der Waals surface area contributed by atoms with E-state index < -0.39 is 0 Å². The second-order valence-corrected chi connectivity index (χ2v) is 4.82. The van der Waals surface area contributed by atoms with E-state index in [9.17, 15) is 9.59 Å². The molecule has 0 saturated carbocycles. The van der Waals surface area contributed by atoms with Crippen LogP contribution in [-0.4, -0.2) is 51.8 Å². The first-order valence-corrected chi connectivity index (χ1v) is 6.63. The summed E-state index contributed by atoms with van der Waals surface area (Å²) in [4.78, 5) is 20.8. The predicted molar refractivity (Wildman–Crippen MR) is 72.7 cm³/mol. The Balaban J connectivity index is 3.30. The van der Waals surface area contributed by atoms with Crippen LogP contribution in [0.3, 0.4) is 0 Å². The van der Waals surface area contributed by atoms with E-state index in [-0.39, 0.29) is 5.91 Å². The highest BCUT2D eigenvalue weighted by Crippen LogP contribution is 1.96. The van der Waals surface area contributed by atoms with Crippen LogP contribution in [0.1, 0.15) is 20.8 Å². The highest BCUT2D eigenvalue weighted by molar-refractivity contribution is 5.72. The Morgan fingerprint density at radius 1 is 1.11 bits per heavy atom. The number of hydrogen-bond acceptors (Lipinski definition) is 4. The molecule has 0 fully saturated rings. The Labute approximate surface area is 115 Å². The van der Waals surface area contributed by atoms with Crippen molar-refractivity contribution in [1.82, 2.24) is 10.6 Å². The van der Waals surface area contributed by atoms with Crippen LogP contribution in [0.25, 0.3) is 0 Å². The van der Waals surface area contributed by atoms with Crippen LogP contribution in [-0.2, 0) is 19.1 Å². The molecule has 2 amide bonds. The molecular formula is C13H26N2O4. The maximum Gasteiger partial charge on any atom is 0.216 e. The van der Waals surface area contributed by atoms with E-state index in [0.717, 1.165) is 0 Å². The van der Waals surface area contributed by atoms with Crippen LogP contribution in [0.4, 0.5) is 0 Å². The maximum absolute atomic E-state index is 10.7. The van der Waals surface area contributed by atoms with Gasteiger partial charge in [-0.1, -0.05) is 13.8 Å². The van der Waals surface area contributed by atoms with Gasteiger partial charge in [-0.15, -0.1) is 0 Å². The first kappa shape index (κ1) is 17.9. The summed E-state index contributed by atoms with van der Waals surface area (Å²) in [6.07, 6.45) is 0.691. The molecule has 0 saturated heterocycles. The Hall–Kier alpha value is -1.14. The van der Waals surface area contributed by atoms with E-state index in [0.29, 0.717) is 57.8 Å². The van der Waals surface area contributed by atoms with Crippen LogP contribution in [0, 0.1) is 11.8 Å². The van der Waals surface area contributed by atoms with Gasteiger partial charge in [-0.3, -0.25) is 9.59 Å². The van der Waals surface area contributed by atoms with E-state index in [1.807, 2.05) is 13.8 Å². The van der Waals surface area contributed by atoms with E-state index in [2.05, 4.69) is 10.6 Å². The summed E-state index contributed by atoms with van der Waals surface area (Å²) in [5, 5.41) is 5.36. The number of carbonyl (C=O) groups is 2. The molecular weight excluding hydrogens is 248 g/mol. The number of rotatable bonds is 12. The van der Waals surface area contributed by atoms with Gasteiger partial charge in [0.1, 0.15) is 0 Å². The van der Waals surface area contributed by atoms with Crippen LogP contribution in [0.2, 0.25) is 0 Å². The topological polar surface area (TPSA) is 76.7 Å². The molecule has 0 aliphatic heterocycles. The van der Waals surface area contributed by atoms with Gasteiger partial charge >= 0.3 is 0 Å². The summed E-state index contributed by atoms with van der Waals surface area (Å²) in [6.45, 7) is 9.07. The van der Waals surface area contributed by atoms with Crippen molar-refractivity contribution in [3.63, 3.8) is 0 Å². The third-order valence-corrected chi connectivity index (χ3v) is 2.43. The summed E-state index contributed by atoms with van der Waals surface area (Å²) in [7, 11) is 0. The van der Waals surface area contributed by atoms with Crippen molar-refractivity contribution in [2.24, 2.45) is 11.8 Å². The summed E-state index contributed by atoms with van der Waals surface area (Å²) in [5.41, 5.74) is 0. The molecule has 6 nitrogen and oxygen atoms in total. The zero-order chi connectivity index (χ0) is 14.5. The normalized spacial score (nSPS) is 13.6. The molecule has 0 radical (unpaired) electrons. The van der Waals surface area contributed by atoms with Crippen LogP contribution in [0.5, 0.6) is 0 Å². The van der Waals surface area contributed by atoms with Crippen molar-refractivity contribution in [1.29, 1.82) is 0 Å². The summed E-state index contributed by atoms with van der Waals surface area (Å²) in [5.74, 6) is 0.566. The fourth-order valence-electron chi connectivity index (χ4n) is 1.37. The highest BCUT2D eigenvalue weighted by atomic mass is 16.5. The molecule has 0 aromatic rings. The van der Waals surface area contributed by atoms with Gasteiger partial charge < -0.3 is 20.1 Å². The van der Waals surface area contributed by atoms with Crippen LogP contribution < -0.4 is 10.6 Å². The standard InChI is InChI=1S/C13H26N2O4/c1-11(6-14-10-16)8-18-4-5-19-9-12(2)7-15-13(3)17/h10-12H,4-9H2,1-3H3,(H,14,16)(H,15,17). The molecule has 2 N–H and O–H groups in total. The molecule has 6 heteroatoms. The van der Waals surface area contributed by atoms with Gasteiger partial charge in [0.2, 0.25) is 12.3 Å². The summed E-state index contributed by atoms with van der Waals surface area (Å²) >= 11 is 0. The SMILES string of the molecule is CC(=O)NCC(C)COCCOCC(C)CNC=O. The predicted octanol–water partition coefficient (Wildman–Crippen LogP) is 0.174. The summed E-state index contributed by atoms with van der Waals surface area (Å²) in [6, 6.07) is 0. The van der Waals surface area contributed by atoms with Gasteiger partial charge in [0, 0.05) is 20.0 Å². The van der Waals surface area contributed by atoms with Gasteiger partial charge in [0.15, 0.2) is 0 Å². The number of hydrogen-bond donors (Lipinski definition) is 2. The summed E-state index contributed by atoms with van der Waals surface area (Å²) < 4.78 is 10.9. The molecule has 112 valence electrons. The second-order valence-electron chi connectivity index (χ2n) is 4.82. The number of amides is 2. The van der Waals surface area contributed by atoms with Crippen molar-refractivity contribution in [3.05, 3.63) is 0 Å². The van der Waals surface area contributed by atoms with Crippen molar-refractivity contribution in [2.45, 2.75) is 20.8 Å². The van der Waals surface area contributed by atoms with Crippen molar-refractivity contribution >= 4 is 12.3 Å². The van der Waals surface area contributed by atoms with Crippen molar-refractivity contribution in [3.8, 4) is 0 Å². The minimum Gasteiger partial charge on any atom is -0.379 e. The molecule has 0 bridgehead atoms. The molecule has 19 heavy (non-hydrogen) atoms. The first-order chi connectivity index (χ1) is 9.06. The maximum atomic E-state index is 10.7. The largest absolute Gasteiger partial charge is 0.379 e. The van der Waals surface area contributed by atoms with E-state index in [4.69, 9.17) is 9.47 Å². The minimum absolute atomic E-state index is 0.0203. The quantitative estimate of drug-likeness (QED) is 0.393. The van der Waals surface area contributed by atoms with Crippen molar-refractivity contribution in [2.75, 3.05) is 39.5 Å². The molecule has 0 spiro atoms. The first-order valence-electron chi connectivity index (χ1n) is 6.63. The zero-order valence-corrected chi connectivity index (χ0v) is 12.1. The lowest BCUT2D eigenvalue weighted by atomic mass is 10.2.